The molecule has 0 heterocycles. The van der Waals surface area contributed by atoms with E-state index in [0.717, 1.165) is 6.07 Å². The Balaban J connectivity index is 2.24. The number of nitro benzene ring substituents is 1. The highest BCUT2D eigenvalue weighted by Crippen LogP contribution is 2.35. The summed E-state index contributed by atoms with van der Waals surface area (Å²) in [5, 5.41) is 11.1. The summed E-state index contributed by atoms with van der Waals surface area (Å²) in [7, 11) is 2.54. The molecule has 2 aromatic rings. The highest BCUT2D eigenvalue weighted by Gasteiger charge is 2.19. The van der Waals surface area contributed by atoms with E-state index in [-0.39, 0.29) is 34.3 Å². The molecule has 0 spiro atoms. The summed E-state index contributed by atoms with van der Waals surface area (Å²) >= 11 is 0.347. The van der Waals surface area contributed by atoms with Crippen LogP contribution in [0.3, 0.4) is 0 Å². The summed E-state index contributed by atoms with van der Waals surface area (Å²) in [6.45, 7) is -0.0958. The molecule has 0 aliphatic rings. The quantitative estimate of drug-likeness (QED) is 0.283. The van der Waals surface area contributed by atoms with E-state index < -0.39 is 16.7 Å². The number of methoxy groups -OCH3 is 2. The minimum absolute atomic E-state index is 0.0958. The molecule has 0 saturated heterocycles. The lowest BCUT2D eigenvalue weighted by Crippen LogP contribution is -2.04. The number of rotatable bonds is 8. The van der Waals surface area contributed by atoms with E-state index in [1.807, 2.05) is 0 Å². The normalized spacial score (nSPS) is 10.6. The van der Waals surface area contributed by atoms with Gasteiger partial charge in [-0.2, -0.15) is 8.78 Å². The van der Waals surface area contributed by atoms with Crippen molar-refractivity contribution < 1.29 is 32.7 Å². The number of ether oxygens (including phenoxy) is 3. The van der Waals surface area contributed by atoms with Gasteiger partial charge >= 0.3 is 11.7 Å². The van der Waals surface area contributed by atoms with Crippen molar-refractivity contribution in [2.24, 2.45) is 0 Å². The van der Waals surface area contributed by atoms with Crippen LogP contribution >= 0.6 is 11.8 Å². The molecular weight excluding hydrogens is 384 g/mol. The maximum atomic E-state index is 12.5. The van der Waals surface area contributed by atoms with Crippen molar-refractivity contribution in [3.63, 3.8) is 0 Å². The second-order valence-electron chi connectivity index (χ2n) is 5.08. The van der Waals surface area contributed by atoms with E-state index in [9.17, 15) is 23.7 Å². The lowest BCUT2D eigenvalue weighted by Gasteiger charge is -2.11. The summed E-state index contributed by atoms with van der Waals surface area (Å²) in [5.74, 6) is -3.14. The Labute approximate surface area is 157 Å². The van der Waals surface area contributed by atoms with Crippen LogP contribution in [-0.2, 0) is 11.3 Å². The number of esters is 1. The molecule has 7 nitrogen and oxygen atoms in total. The third kappa shape index (κ3) is 5.30. The van der Waals surface area contributed by atoms with Crippen molar-refractivity contribution in [1.29, 1.82) is 0 Å². The third-order valence-electron chi connectivity index (χ3n) is 3.42. The van der Waals surface area contributed by atoms with Crippen LogP contribution in [0.4, 0.5) is 14.5 Å². The fraction of sp³-hybridized carbons (Fsp3) is 0.235. The molecule has 27 heavy (non-hydrogen) atoms. The first-order chi connectivity index (χ1) is 12.8. The van der Waals surface area contributed by atoms with E-state index in [1.165, 1.54) is 38.5 Å². The molecule has 144 valence electrons. The zero-order valence-corrected chi connectivity index (χ0v) is 15.1. The molecule has 0 aromatic heterocycles. The van der Waals surface area contributed by atoms with Crippen LogP contribution in [0.1, 0.15) is 15.9 Å². The number of carbonyl (C=O) groups is 1. The van der Waals surface area contributed by atoms with Crippen LogP contribution in [-0.4, -0.2) is 30.9 Å². The summed E-state index contributed by atoms with van der Waals surface area (Å²) in [6, 6.07) is 8.11. The molecule has 2 aromatic carbocycles. The Kier molecular flexibility index (Phi) is 6.94. The molecule has 0 radical (unpaired) electrons. The zero-order valence-electron chi connectivity index (χ0n) is 14.3. The molecule has 0 fully saturated rings. The monoisotopic (exact) mass is 399 g/mol. The number of thioether (sulfide) groups is 1. The van der Waals surface area contributed by atoms with Gasteiger partial charge in [-0.15, -0.1) is 0 Å². The fourth-order valence-corrected chi connectivity index (χ4v) is 2.78. The lowest BCUT2D eigenvalue weighted by molar-refractivity contribution is -0.385. The predicted molar refractivity (Wildman–Crippen MR) is 93.6 cm³/mol. The number of hydrogen-bond acceptors (Lipinski definition) is 7. The van der Waals surface area contributed by atoms with E-state index in [1.54, 1.807) is 6.07 Å². The number of nitro groups is 1. The zero-order chi connectivity index (χ0) is 20.0. The Bertz CT molecular complexity index is 846. The SMILES string of the molecule is COC(=O)c1ccc([N+](=O)[O-])c(OCc2ccc(SC(F)F)c(OC)c2)c1. The highest BCUT2D eigenvalue weighted by atomic mass is 32.2. The standard InChI is InChI=1S/C17H15F2NO6S/c1-24-14-7-10(3-6-15(14)27-17(18)19)9-26-13-8-11(16(21)25-2)4-5-12(13)20(22)23/h3-8,17H,9H2,1-2H3. The van der Waals surface area contributed by atoms with Crippen LogP contribution in [0, 0.1) is 10.1 Å². The van der Waals surface area contributed by atoms with Crippen LogP contribution < -0.4 is 9.47 Å². The number of halogens is 2. The second kappa shape index (κ2) is 9.17. The molecule has 2 rings (SSSR count). The molecule has 0 aliphatic carbocycles. The first kappa shape index (κ1) is 20.4. The molecule has 0 saturated carbocycles. The van der Waals surface area contributed by atoms with Crippen molar-refractivity contribution in [2.75, 3.05) is 14.2 Å². The maximum Gasteiger partial charge on any atom is 0.337 e. The van der Waals surface area contributed by atoms with Gasteiger partial charge in [-0.1, -0.05) is 17.8 Å². The molecular formula is C17H15F2NO6S. The maximum absolute atomic E-state index is 12.5. The summed E-state index contributed by atoms with van der Waals surface area (Å²) in [6.07, 6.45) is 0. The topological polar surface area (TPSA) is 87.9 Å². The fourth-order valence-electron chi connectivity index (χ4n) is 2.18. The number of benzene rings is 2. The average molecular weight is 399 g/mol. The summed E-state index contributed by atoms with van der Waals surface area (Å²) in [5.41, 5.74) is 0.321. The van der Waals surface area contributed by atoms with Gasteiger partial charge in [-0.25, -0.2) is 4.79 Å². The minimum atomic E-state index is -2.59. The average Bonchev–Trinajstić information content (AvgIpc) is 2.65. The largest absolute Gasteiger partial charge is 0.496 e. The molecule has 0 bridgehead atoms. The van der Waals surface area contributed by atoms with Gasteiger partial charge in [-0.05, 0) is 23.8 Å². The summed E-state index contributed by atoms with van der Waals surface area (Å²) < 4.78 is 40.2. The number of hydrogen-bond donors (Lipinski definition) is 0. The van der Waals surface area contributed by atoms with Crippen LogP contribution in [0.2, 0.25) is 0 Å². The van der Waals surface area contributed by atoms with Crippen molar-refractivity contribution in [3.05, 3.63) is 57.6 Å². The van der Waals surface area contributed by atoms with Gasteiger partial charge in [0.1, 0.15) is 12.4 Å². The van der Waals surface area contributed by atoms with Gasteiger partial charge in [0.25, 0.3) is 5.76 Å². The number of alkyl halides is 2. The van der Waals surface area contributed by atoms with E-state index in [2.05, 4.69) is 4.74 Å². The molecule has 0 amide bonds. The lowest BCUT2D eigenvalue weighted by atomic mass is 10.2. The second-order valence-corrected chi connectivity index (χ2v) is 6.12. The molecule has 0 atom stereocenters. The third-order valence-corrected chi connectivity index (χ3v) is 4.19. The smallest absolute Gasteiger partial charge is 0.337 e. The van der Waals surface area contributed by atoms with Crippen molar-refractivity contribution in [2.45, 2.75) is 17.3 Å². The van der Waals surface area contributed by atoms with Gasteiger partial charge < -0.3 is 14.2 Å². The van der Waals surface area contributed by atoms with E-state index in [4.69, 9.17) is 9.47 Å². The van der Waals surface area contributed by atoms with Gasteiger partial charge in [0.2, 0.25) is 0 Å². The van der Waals surface area contributed by atoms with Crippen LogP contribution in [0.5, 0.6) is 11.5 Å². The first-order valence-corrected chi connectivity index (χ1v) is 8.35. The van der Waals surface area contributed by atoms with Crippen LogP contribution in [0.15, 0.2) is 41.3 Å². The highest BCUT2D eigenvalue weighted by molar-refractivity contribution is 7.99. The molecule has 0 aliphatic heterocycles. The Morgan fingerprint density at radius 1 is 1.19 bits per heavy atom. The summed E-state index contributed by atoms with van der Waals surface area (Å²) in [4.78, 5) is 22.4. The van der Waals surface area contributed by atoms with Crippen LogP contribution in [0.25, 0.3) is 0 Å². The van der Waals surface area contributed by atoms with E-state index >= 15 is 0 Å². The molecule has 0 unspecified atom stereocenters. The Morgan fingerprint density at radius 3 is 2.52 bits per heavy atom. The first-order valence-electron chi connectivity index (χ1n) is 7.47. The minimum Gasteiger partial charge on any atom is -0.496 e. The molecule has 0 N–H and O–H groups in total. The number of carbonyl (C=O) groups excluding carboxylic acids is 1. The van der Waals surface area contributed by atoms with Crippen molar-refractivity contribution >= 4 is 23.4 Å². The molecule has 10 heteroatoms. The van der Waals surface area contributed by atoms with Gasteiger partial charge in [0.05, 0.1) is 29.6 Å². The van der Waals surface area contributed by atoms with Gasteiger partial charge in [-0.3, -0.25) is 10.1 Å². The van der Waals surface area contributed by atoms with Crippen molar-refractivity contribution in [1.82, 2.24) is 0 Å². The Hall–Kier alpha value is -2.88. The van der Waals surface area contributed by atoms with E-state index in [0.29, 0.717) is 17.3 Å². The van der Waals surface area contributed by atoms with Gasteiger partial charge in [0, 0.05) is 12.1 Å². The Morgan fingerprint density at radius 2 is 1.93 bits per heavy atom. The van der Waals surface area contributed by atoms with Crippen molar-refractivity contribution in [3.8, 4) is 11.5 Å². The van der Waals surface area contributed by atoms with Gasteiger partial charge in [0.15, 0.2) is 5.75 Å². The predicted octanol–water partition coefficient (Wildman–Crippen LogP) is 4.28. The number of nitrogens with zero attached hydrogens (tertiary/aromatic N) is 1.